The second kappa shape index (κ2) is 9.17. The predicted molar refractivity (Wildman–Crippen MR) is 92.5 cm³/mol. The van der Waals surface area contributed by atoms with Crippen LogP contribution in [0.25, 0.3) is 0 Å². The minimum Gasteiger partial charge on any atom is -0.482 e. The quantitative estimate of drug-likeness (QED) is 0.473. The number of aromatic nitrogens is 1. The fourth-order valence-electron chi connectivity index (χ4n) is 1.82. The van der Waals surface area contributed by atoms with E-state index in [9.17, 15) is 9.59 Å². The van der Waals surface area contributed by atoms with Crippen LogP contribution in [-0.2, 0) is 9.53 Å². The second-order valence-electron chi connectivity index (χ2n) is 5.34. The van der Waals surface area contributed by atoms with E-state index in [0.29, 0.717) is 11.3 Å². The van der Waals surface area contributed by atoms with E-state index in [2.05, 4.69) is 15.5 Å². The molecule has 0 atom stereocenters. The SMILES string of the molecule is CC(C)OC(=O)COc1ccc(C=NNC(=O)c2cccnc2)cc1. The summed E-state index contributed by atoms with van der Waals surface area (Å²) in [6, 6.07) is 10.2. The Hall–Kier alpha value is -3.22. The van der Waals surface area contributed by atoms with Gasteiger partial charge >= 0.3 is 5.97 Å². The van der Waals surface area contributed by atoms with E-state index in [0.717, 1.165) is 5.56 Å². The smallest absolute Gasteiger partial charge is 0.344 e. The van der Waals surface area contributed by atoms with Crippen LogP contribution < -0.4 is 10.2 Å². The van der Waals surface area contributed by atoms with E-state index in [4.69, 9.17) is 9.47 Å². The van der Waals surface area contributed by atoms with Crippen LogP contribution in [0.4, 0.5) is 0 Å². The first-order valence-corrected chi connectivity index (χ1v) is 7.70. The zero-order valence-electron chi connectivity index (χ0n) is 14.0. The molecule has 1 aromatic heterocycles. The number of hydrazone groups is 1. The fourth-order valence-corrected chi connectivity index (χ4v) is 1.82. The number of pyridine rings is 1. The van der Waals surface area contributed by atoms with E-state index >= 15 is 0 Å². The monoisotopic (exact) mass is 341 g/mol. The molecule has 0 spiro atoms. The lowest BCUT2D eigenvalue weighted by molar-refractivity contribution is -0.149. The molecular weight excluding hydrogens is 322 g/mol. The van der Waals surface area contributed by atoms with Gasteiger partial charge in [-0.3, -0.25) is 9.78 Å². The highest BCUT2D eigenvalue weighted by Crippen LogP contribution is 2.11. The van der Waals surface area contributed by atoms with Gasteiger partial charge in [-0.05, 0) is 55.8 Å². The van der Waals surface area contributed by atoms with Crippen molar-refractivity contribution in [3.8, 4) is 5.75 Å². The second-order valence-corrected chi connectivity index (χ2v) is 5.34. The Morgan fingerprint density at radius 1 is 1.24 bits per heavy atom. The van der Waals surface area contributed by atoms with Crippen LogP contribution >= 0.6 is 0 Å². The van der Waals surface area contributed by atoms with Gasteiger partial charge in [0.15, 0.2) is 6.61 Å². The molecule has 0 aliphatic rings. The summed E-state index contributed by atoms with van der Waals surface area (Å²) < 4.78 is 10.3. The molecule has 0 saturated carbocycles. The van der Waals surface area contributed by atoms with Crippen molar-refractivity contribution in [2.24, 2.45) is 5.10 Å². The van der Waals surface area contributed by atoms with Crippen molar-refractivity contribution in [3.05, 3.63) is 59.9 Å². The van der Waals surface area contributed by atoms with Gasteiger partial charge in [-0.1, -0.05) is 0 Å². The lowest BCUT2D eigenvalue weighted by Gasteiger charge is -2.09. The Labute approximate surface area is 145 Å². The van der Waals surface area contributed by atoms with Crippen LogP contribution in [0.15, 0.2) is 53.9 Å². The Balaban J connectivity index is 1.81. The van der Waals surface area contributed by atoms with Gasteiger partial charge in [-0.15, -0.1) is 0 Å². The number of nitrogens with zero attached hydrogens (tertiary/aromatic N) is 2. The molecular formula is C18H19N3O4. The largest absolute Gasteiger partial charge is 0.482 e. The summed E-state index contributed by atoms with van der Waals surface area (Å²) in [6.07, 6.45) is 4.38. The Kier molecular flexibility index (Phi) is 6.65. The van der Waals surface area contributed by atoms with Crippen molar-refractivity contribution >= 4 is 18.1 Å². The minimum atomic E-state index is -0.418. The van der Waals surface area contributed by atoms with Crippen molar-refractivity contribution in [3.63, 3.8) is 0 Å². The van der Waals surface area contributed by atoms with Gasteiger partial charge in [0.1, 0.15) is 5.75 Å². The summed E-state index contributed by atoms with van der Waals surface area (Å²) >= 11 is 0. The number of rotatable bonds is 7. The minimum absolute atomic E-state index is 0.146. The third-order valence-corrected chi connectivity index (χ3v) is 2.91. The molecule has 1 N–H and O–H groups in total. The molecule has 0 saturated heterocycles. The molecule has 1 heterocycles. The van der Waals surface area contributed by atoms with Crippen LogP contribution in [0.2, 0.25) is 0 Å². The number of carbonyl (C=O) groups excluding carboxylic acids is 2. The molecule has 1 amide bonds. The van der Waals surface area contributed by atoms with Crippen molar-refractivity contribution in [2.45, 2.75) is 20.0 Å². The summed E-state index contributed by atoms with van der Waals surface area (Å²) in [5, 5.41) is 3.89. The summed E-state index contributed by atoms with van der Waals surface area (Å²) in [5.74, 6) is -0.219. The predicted octanol–water partition coefficient (Wildman–Crippen LogP) is 2.18. The molecule has 2 aromatic rings. The van der Waals surface area contributed by atoms with Gasteiger partial charge in [0.25, 0.3) is 5.91 Å². The first kappa shape index (κ1) is 18.1. The molecule has 7 heteroatoms. The number of amides is 1. The molecule has 7 nitrogen and oxygen atoms in total. The van der Waals surface area contributed by atoms with Gasteiger partial charge in [0, 0.05) is 12.4 Å². The highest BCUT2D eigenvalue weighted by molar-refractivity contribution is 5.94. The first-order valence-electron chi connectivity index (χ1n) is 7.70. The van der Waals surface area contributed by atoms with E-state index < -0.39 is 5.97 Å². The van der Waals surface area contributed by atoms with Crippen LogP contribution in [0.3, 0.4) is 0 Å². The summed E-state index contributed by atoms with van der Waals surface area (Å²) in [7, 11) is 0. The van der Waals surface area contributed by atoms with Crippen molar-refractivity contribution < 1.29 is 19.1 Å². The fraction of sp³-hybridized carbons (Fsp3) is 0.222. The molecule has 0 radical (unpaired) electrons. The molecule has 0 aliphatic heterocycles. The molecule has 25 heavy (non-hydrogen) atoms. The topological polar surface area (TPSA) is 89.9 Å². The maximum Gasteiger partial charge on any atom is 0.344 e. The zero-order valence-corrected chi connectivity index (χ0v) is 14.0. The van der Waals surface area contributed by atoms with Gasteiger partial charge in [-0.2, -0.15) is 5.10 Å². The standard InChI is InChI=1S/C18H19N3O4/c1-13(2)25-17(22)12-24-16-7-5-14(6-8-16)10-20-21-18(23)15-4-3-9-19-11-15/h3-11,13H,12H2,1-2H3,(H,21,23). The molecule has 0 unspecified atom stereocenters. The molecule has 0 fully saturated rings. The number of hydrogen-bond donors (Lipinski definition) is 1. The number of hydrogen-bond acceptors (Lipinski definition) is 6. The Morgan fingerprint density at radius 3 is 2.64 bits per heavy atom. The lowest BCUT2D eigenvalue weighted by Crippen LogP contribution is -2.18. The van der Waals surface area contributed by atoms with Crippen molar-refractivity contribution in [1.29, 1.82) is 0 Å². The highest BCUT2D eigenvalue weighted by Gasteiger charge is 2.06. The zero-order chi connectivity index (χ0) is 18.1. The lowest BCUT2D eigenvalue weighted by atomic mass is 10.2. The van der Waals surface area contributed by atoms with Crippen molar-refractivity contribution in [2.75, 3.05) is 6.61 Å². The van der Waals surface area contributed by atoms with E-state index in [1.807, 2.05) is 0 Å². The molecule has 1 aromatic carbocycles. The number of nitrogens with one attached hydrogen (secondary N) is 1. The maximum absolute atomic E-state index is 11.8. The normalized spacial score (nSPS) is 10.7. The number of ether oxygens (including phenoxy) is 2. The van der Waals surface area contributed by atoms with Gasteiger partial charge in [0.2, 0.25) is 0 Å². The van der Waals surface area contributed by atoms with Gasteiger partial charge in [0.05, 0.1) is 17.9 Å². The summed E-state index contributed by atoms with van der Waals surface area (Å²) in [5.41, 5.74) is 3.61. The number of esters is 1. The van der Waals surface area contributed by atoms with Crippen LogP contribution in [0.1, 0.15) is 29.8 Å². The van der Waals surface area contributed by atoms with Gasteiger partial charge in [-0.25, -0.2) is 10.2 Å². The van der Waals surface area contributed by atoms with E-state index in [-0.39, 0.29) is 18.6 Å². The Bertz CT molecular complexity index is 728. The summed E-state index contributed by atoms with van der Waals surface area (Å²) in [6.45, 7) is 3.41. The third-order valence-electron chi connectivity index (χ3n) is 2.91. The van der Waals surface area contributed by atoms with Crippen LogP contribution in [-0.4, -0.2) is 35.8 Å². The molecule has 0 aliphatic carbocycles. The maximum atomic E-state index is 11.8. The highest BCUT2D eigenvalue weighted by atomic mass is 16.6. The van der Waals surface area contributed by atoms with Gasteiger partial charge < -0.3 is 9.47 Å². The molecule has 0 bridgehead atoms. The molecule has 130 valence electrons. The average molecular weight is 341 g/mol. The summed E-state index contributed by atoms with van der Waals surface area (Å²) in [4.78, 5) is 27.1. The third kappa shape index (κ3) is 6.42. The average Bonchev–Trinajstić information content (AvgIpc) is 2.61. The first-order chi connectivity index (χ1) is 12.0. The van der Waals surface area contributed by atoms with Crippen LogP contribution in [0.5, 0.6) is 5.75 Å². The number of benzene rings is 1. The number of carbonyl (C=O) groups is 2. The van der Waals surface area contributed by atoms with Crippen molar-refractivity contribution in [1.82, 2.24) is 10.4 Å². The molecule has 2 rings (SSSR count). The van der Waals surface area contributed by atoms with E-state index in [1.165, 1.54) is 12.4 Å². The Morgan fingerprint density at radius 2 is 2.00 bits per heavy atom. The van der Waals surface area contributed by atoms with E-state index in [1.54, 1.807) is 56.4 Å². The van der Waals surface area contributed by atoms with Crippen LogP contribution in [0, 0.1) is 0 Å².